The highest BCUT2D eigenvalue weighted by Gasteiger charge is 2.32. The minimum absolute atomic E-state index is 0.0145. The summed E-state index contributed by atoms with van der Waals surface area (Å²) in [4.78, 5) is 0. The maximum absolute atomic E-state index is 5.99. The van der Waals surface area contributed by atoms with E-state index in [-0.39, 0.29) is 54.2 Å². The number of hydrogen-bond acceptors (Lipinski definition) is 24. The third-order valence-corrected chi connectivity index (χ3v) is 11.8. The van der Waals surface area contributed by atoms with E-state index in [9.17, 15) is 0 Å². The highest BCUT2D eigenvalue weighted by atomic mass is 16.6. The Morgan fingerprint density at radius 2 is 0.315 bits per heavy atom. The molecule has 0 saturated heterocycles. The average molecular weight is 1300 g/mol. The molecular formula is C65H138O24. The lowest BCUT2D eigenvalue weighted by atomic mass is 9.92. The van der Waals surface area contributed by atoms with E-state index < -0.39 is 0 Å². The number of methoxy groups -OCH3 is 2. The first-order chi connectivity index (χ1) is 43.4. The second-order valence-electron chi connectivity index (χ2n) is 19.5. The lowest BCUT2D eigenvalue weighted by molar-refractivity contribution is -0.119. The molecule has 89 heavy (non-hydrogen) atoms. The second kappa shape index (κ2) is 77.7. The summed E-state index contributed by atoms with van der Waals surface area (Å²) in [5.74, 6) is 0. The van der Waals surface area contributed by atoms with Crippen LogP contribution in [0.1, 0.15) is 111 Å². The van der Waals surface area contributed by atoms with Crippen molar-refractivity contribution in [1.82, 2.24) is 0 Å². The van der Waals surface area contributed by atoms with Crippen molar-refractivity contribution in [2.45, 2.75) is 160 Å². The molecule has 0 aromatic heterocycles. The fourth-order valence-electron chi connectivity index (χ4n) is 7.71. The van der Waals surface area contributed by atoms with Crippen molar-refractivity contribution in [2.24, 2.45) is 5.41 Å². The van der Waals surface area contributed by atoms with Gasteiger partial charge >= 0.3 is 0 Å². The summed E-state index contributed by atoms with van der Waals surface area (Å²) < 4.78 is 134. The largest absolute Gasteiger partial charge is 0.382 e. The van der Waals surface area contributed by atoms with Crippen LogP contribution in [0.2, 0.25) is 0 Å². The van der Waals surface area contributed by atoms with Gasteiger partial charge < -0.3 is 114 Å². The van der Waals surface area contributed by atoms with Crippen LogP contribution in [-0.2, 0) is 114 Å². The Labute approximate surface area is 542 Å². The van der Waals surface area contributed by atoms with Gasteiger partial charge in [0.2, 0.25) is 0 Å². The summed E-state index contributed by atoms with van der Waals surface area (Å²) in [5, 5.41) is 0. The van der Waals surface area contributed by atoms with Crippen molar-refractivity contribution in [2.75, 3.05) is 265 Å². The number of hydrogen-bond donors (Lipinski definition) is 0. The molecule has 24 nitrogen and oxygen atoms in total. The highest BCUT2D eigenvalue weighted by Crippen LogP contribution is 2.21. The Bertz CT molecular complexity index is 1160. The lowest BCUT2D eigenvalue weighted by Crippen LogP contribution is -2.41. The Kier molecular flexibility index (Phi) is 82.5. The van der Waals surface area contributed by atoms with Crippen LogP contribution in [0.4, 0.5) is 0 Å². The Hall–Kier alpha value is -0.960. The van der Waals surface area contributed by atoms with Crippen LogP contribution in [0.25, 0.3) is 0 Å². The van der Waals surface area contributed by atoms with Gasteiger partial charge in [0.15, 0.2) is 0 Å². The summed E-state index contributed by atoms with van der Waals surface area (Å²) in [6.07, 6.45) is -1.12. The molecule has 0 aromatic carbocycles. The topological polar surface area (TPSA) is 222 Å². The molecule has 24 heteroatoms. The van der Waals surface area contributed by atoms with Crippen LogP contribution < -0.4 is 0 Å². The Balaban J connectivity index is -0.000000695. The zero-order chi connectivity index (χ0) is 67.0. The second-order valence-corrected chi connectivity index (χ2v) is 19.5. The molecule has 542 valence electrons. The molecule has 0 aromatic rings. The molecule has 0 rings (SSSR count). The van der Waals surface area contributed by atoms with Gasteiger partial charge in [-0.05, 0) is 111 Å². The van der Waals surface area contributed by atoms with Crippen molar-refractivity contribution in [3.8, 4) is 0 Å². The lowest BCUT2D eigenvalue weighted by Gasteiger charge is -2.32. The van der Waals surface area contributed by atoms with E-state index in [4.69, 9.17) is 104 Å². The van der Waals surface area contributed by atoms with Crippen molar-refractivity contribution in [1.29, 1.82) is 0 Å². The first-order valence-electron chi connectivity index (χ1n) is 33.4. The Morgan fingerprint density at radius 3 is 0.427 bits per heavy atom. The van der Waals surface area contributed by atoms with Crippen LogP contribution in [0.15, 0.2) is 0 Å². The number of ether oxygens (including phenoxy) is 24. The molecule has 0 aliphatic rings. The van der Waals surface area contributed by atoms with Gasteiger partial charge in [0.1, 0.15) is 48.8 Å². The van der Waals surface area contributed by atoms with Gasteiger partial charge in [0, 0.05) is 120 Å². The van der Waals surface area contributed by atoms with E-state index in [0.29, 0.717) is 251 Å². The molecule has 0 spiro atoms. The van der Waals surface area contributed by atoms with Gasteiger partial charge in [-0.15, -0.1) is 0 Å². The predicted octanol–water partition coefficient (Wildman–Crippen LogP) is 7.86. The van der Waals surface area contributed by atoms with E-state index >= 15 is 0 Å². The molecule has 0 aliphatic heterocycles. The molecule has 0 fully saturated rings. The third kappa shape index (κ3) is 65.5. The molecule has 8 atom stereocenters. The smallest absolute Gasteiger partial charge is 0.104 e. The quantitative estimate of drug-likeness (QED) is 0.0529. The Morgan fingerprint density at radius 1 is 0.180 bits per heavy atom. The van der Waals surface area contributed by atoms with Gasteiger partial charge in [0.25, 0.3) is 0 Å². The summed E-state index contributed by atoms with van der Waals surface area (Å²) in [5.41, 5.74) is -0.183. The van der Waals surface area contributed by atoms with E-state index in [1.54, 1.807) is 14.2 Å². The standard InChI is InChI=1S/C34H70O13.C14H30O5.C13H28O4.C4H10O2/c1-9-35-17-29(42-11-3)19-37-21-31(44-13-5)23-39-25-33(46-15-7)27-41-28-34(47-16-8)26-40-24-32(45-14-6)22-38-20-30(43-12-4)18-36-10-2;1-5-15-9-13(18-7-3)11-17-12-14(19-8-4)10-16-6-2;1-5-14-9-13(10-15-6-2,11-16-7-3)12-17-8-4;1-5-3-4-6-2/h29-34H,9-28H2,1-8H3;13-14H,5-12H2,1-4H3;5-12H2,1-4H3;3-4H2,1-2H3. The molecule has 0 amide bonds. The molecule has 0 saturated carbocycles. The molecule has 0 heterocycles. The monoisotopic (exact) mass is 1300 g/mol. The minimum atomic E-state index is -0.234. The van der Waals surface area contributed by atoms with Gasteiger partial charge in [-0.1, -0.05) is 0 Å². The highest BCUT2D eigenvalue weighted by molar-refractivity contribution is 4.79. The van der Waals surface area contributed by atoms with Crippen LogP contribution in [-0.4, -0.2) is 314 Å². The fourth-order valence-corrected chi connectivity index (χ4v) is 7.71. The van der Waals surface area contributed by atoms with E-state index in [1.807, 2.05) is 111 Å². The van der Waals surface area contributed by atoms with Crippen LogP contribution >= 0.6 is 0 Å². The van der Waals surface area contributed by atoms with Crippen LogP contribution in [0.3, 0.4) is 0 Å². The summed E-state index contributed by atoms with van der Waals surface area (Å²) in [7, 11) is 3.30. The molecular weight excluding hydrogens is 1160 g/mol. The third-order valence-electron chi connectivity index (χ3n) is 11.8. The zero-order valence-corrected chi connectivity index (χ0v) is 59.8. The maximum atomic E-state index is 5.99. The predicted molar refractivity (Wildman–Crippen MR) is 346 cm³/mol. The van der Waals surface area contributed by atoms with Crippen molar-refractivity contribution in [3.63, 3.8) is 0 Å². The SMILES string of the molecule is CCOCC(COCC(COCC(COCC(COCC(COCC(COCC)OCC)OCC)OCC)OCC)OCC)OCC.CCOCC(COCC(COCC)OCC)OCC.CCOCC(COCC)(COCC)COCC.COCCOC. The number of rotatable bonds is 67. The summed E-state index contributed by atoms with van der Waals surface area (Å²) in [6.45, 7) is 52.6. The van der Waals surface area contributed by atoms with Crippen LogP contribution in [0, 0.1) is 5.41 Å². The van der Waals surface area contributed by atoms with E-state index in [2.05, 4.69) is 9.47 Å². The van der Waals surface area contributed by atoms with E-state index in [1.165, 1.54) is 0 Å². The fraction of sp³-hybridized carbons (Fsp3) is 1.00. The first-order valence-corrected chi connectivity index (χ1v) is 33.4. The van der Waals surface area contributed by atoms with Crippen molar-refractivity contribution >= 4 is 0 Å². The minimum Gasteiger partial charge on any atom is -0.382 e. The van der Waals surface area contributed by atoms with Crippen molar-refractivity contribution in [3.05, 3.63) is 0 Å². The maximum Gasteiger partial charge on any atom is 0.104 e. The molecule has 0 radical (unpaired) electrons. The van der Waals surface area contributed by atoms with Gasteiger partial charge in [-0.25, -0.2) is 0 Å². The van der Waals surface area contributed by atoms with Gasteiger partial charge in [-0.3, -0.25) is 0 Å². The molecule has 0 N–H and O–H groups in total. The molecule has 0 aliphatic carbocycles. The zero-order valence-electron chi connectivity index (χ0n) is 59.8. The average Bonchev–Trinajstić information content (AvgIpc) is 3.38. The first kappa shape index (κ1) is 94.4. The molecule has 0 bridgehead atoms. The van der Waals surface area contributed by atoms with E-state index in [0.717, 1.165) is 0 Å². The van der Waals surface area contributed by atoms with Crippen LogP contribution in [0.5, 0.6) is 0 Å². The van der Waals surface area contributed by atoms with Crippen molar-refractivity contribution < 1.29 is 114 Å². The normalized spacial score (nSPS) is 14.4. The van der Waals surface area contributed by atoms with Gasteiger partial charge in [0.05, 0.1) is 151 Å². The molecule has 8 unspecified atom stereocenters. The summed E-state index contributed by atoms with van der Waals surface area (Å²) >= 11 is 0. The summed E-state index contributed by atoms with van der Waals surface area (Å²) in [6, 6.07) is 0. The van der Waals surface area contributed by atoms with Gasteiger partial charge in [-0.2, -0.15) is 0 Å².